The Hall–Kier alpha value is -1.50. The molecule has 0 aliphatic carbocycles. The van der Waals surface area contributed by atoms with Crippen molar-refractivity contribution in [1.82, 2.24) is 10.6 Å². The molecule has 1 atom stereocenters. The van der Waals surface area contributed by atoms with Gasteiger partial charge in [-0.25, -0.2) is 4.79 Å². The highest BCUT2D eigenvalue weighted by molar-refractivity contribution is 6.35. The first kappa shape index (κ1) is 17.6. The lowest BCUT2D eigenvalue weighted by molar-refractivity contribution is -0.126. The largest absolute Gasteiger partial charge is 0.479 e. The number of primary amides is 1. The molecule has 4 N–H and O–H groups in total. The molecule has 0 heterocycles. The Balaban J connectivity index is 2.95. The van der Waals surface area contributed by atoms with Crippen LogP contribution in [0.1, 0.15) is 19.4 Å². The predicted octanol–water partition coefficient (Wildman–Crippen LogP) is 2.07. The maximum Gasteiger partial charge on any atom is 0.318 e. The number of nitrogens with two attached hydrogens (primary N) is 1. The van der Waals surface area contributed by atoms with Crippen molar-refractivity contribution < 1.29 is 14.3 Å². The molecule has 6 nitrogen and oxygen atoms in total. The topological polar surface area (TPSA) is 93.4 Å². The summed E-state index contributed by atoms with van der Waals surface area (Å²) in [7, 11) is 0. The number of hydrogen-bond acceptors (Lipinski definition) is 4. The summed E-state index contributed by atoms with van der Waals surface area (Å²) in [6.07, 6.45) is -0.934. The lowest BCUT2D eigenvalue weighted by Crippen LogP contribution is -2.42. The fourth-order valence-corrected chi connectivity index (χ4v) is 2.17. The molecule has 0 radical (unpaired) electrons. The maximum atomic E-state index is 11.6. The summed E-state index contributed by atoms with van der Waals surface area (Å²) < 4.78 is 5.54. The Morgan fingerprint density at radius 2 is 2.05 bits per heavy atom. The minimum absolute atomic E-state index is 0.286. The van der Waals surface area contributed by atoms with E-state index < -0.39 is 18.0 Å². The number of nitrogens with one attached hydrogen (secondary N) is 2. The first-order valence-corrected chi connectivity index (χ1v) is 7.06. The van der Waals surface area contributed by atoms with Crippen LogP contribution in [0.2, 0.25) is 10.0 Å². The van der Waals surface area contributed by atoms with E-state index >= 15 is 0 Å². The SMILES string of the molecule is CCNCc1cc(Cl)cc(Cl)c1OC(C)C(=O)NC(N)=O. The van der Waals surface area contributed by atoms with Crippen LogP contribution in [0.5, 0.6) is 5.75 Å². The summed E-state index contributed by atoms with van der Waals surface area (Å²) in [6, 6.07) is 2.28. The zero-order valence-corrected chi connectivity index (χ0v) is 13.2. The van der Waals surface area contributed by atoms with Crippen molar-refractivity contribution in [3.05, 3.63) is 27.7 Å². The van der Waals surface area contributed by atoms with Gasteiger partial charge in [0.05, 0.1) is 5.02 Å². The van der Waals surface area contributed by atoms with E-state index in [0.29, 0.717) is 22.9 Å². The fourth-order valence-electron chi connectivity index (χ4n) is 1.59. The molecule has 0 fully saturated rings. The van der Waals surface area contributed by atoms with Crippen molar-refractivity contribution >= 4 is 35.1 Å². The summed E-state index contributed by atoms with van der Waals surface area (Å²) in [6.45, 7) is 4.67. The van der Waals surface area contributed by atoms with Gasteiger partial charge in [-0.1, -0.05) is 30.1 Å². The maximum absolute atomic E-state index is 11.6. The lowest BCUT2D eigenvalue weighted by atomic mass is 10.2. The van der Waals surface area contributed by atoms with Crippen molar-refractivity contribution in [3.63, 3.8) is 0 Å². The molecule has 0 aromatic heterocycles. The smallest absolute Gasteiger partial charge is 0.318 e. The van der Waals surface area contributed by atoms with Crippen molar-refractivity contribution in [1.29, 1.82) is 0 Å². The standard InChI is InChI=1S/C13H17Cl2N3O3/c1-3-17-6-8-4-9(14)5-10(15)11(8)21-7(2)12(19)18-13(16)20/h4-5,7,17H,3,6H2,1-2H3,(H3,16,18,19,20). The van der Waals surface area contributed by atoms with Gasteiger partial charge >= 0.3 is 6.03 Å². The Labute approximate surface area is 132 Å². The van der Waals surface area contributed by atoms with Crippen LogP contribution in [0.3, 0.4) is 0 Å². The molecule has 1 aromatic rings. The molecule has 0 bridgehead atoms. The third kappa shape index (κ3) is 5.41. The summed E-state index contributed by atoms with van der Waals surface area (Å²) in [5.74, 6) is -0.308. The van der Waals surface area contributed by atoms with Gasteiger partial charge in [0.2, 0.25) is 0 Å². The highest BCUT2D eigenvalue weighted by Gasteiger charge is 2.20. The Morgan fingerprint density at radius 3 is 2.62 bits per heavy atom. The molecular formula is C13H17Cl2N3O3. The average Bonchev–Trinajstić information content (AvgIpc) is 2.38. The van der Waals surface area contributed by atoms with Crippen LogP contribution in [0.4, 0.5) is 4.79 Å². The van der Waals surface area contributed by atoms with E-state index in [1.54, 1.807) is 6.07 Å². The number of halogens is 2. The zero-order valence-electron chi connectivity index (χ0n) is 11.7. The molecule has 0 aliphatic heterocycles. The van der Waals surface area contributed by atoms with Crippen molar-refractivity contribution in [2.75, 3.05) is 6.54 Å². The first-order valence-electron chi connectivity index (χ1n) is 6.30. The van der Waals surface area contributed by atoms with Crippen molar-refractivity contribution in [2.45, 2.75) is 26.5 Å². The number of ether oxygens (including phenoxy) is 1. The predicted molar refractivity (Wildman–Crippen MR) is 81.7 cm³/mol. The lowest BCUT2D eigenvalue weighted by Gasteiger charge is -2.18. The van der Waals surface area contributed by atoms with E-state index in [1.165, 1.54) is 13.0 Å². The van der Waals surface area contributed by atoms with Gasteiger partial charge in [0.25, 0.3) is 5.91 Å². The molecule has 21 heavy (non-hydrogen) atoms. The van der Waals surface area contributed by atoms with Crippen LogP contribution in [0.25, 0.3) is 0 Å². The highest BCUT2D eigenvalue weighted by atomic mass is 35.5. The van der Waals surface area contributed by atoms with Crippen molar-refractivity contribution in [2.24, 2.45) is 5.73 Å². The van der Waals surface area contributed by atoms with E-state index in [0.717, 1.165) is 6.54 Å². The second-order valence-corrected chi connectivity index (χ2v) is 5.11. The molecule has 0 saturated heterocycles. The number of benzene rings is 1. The van der Waals surface area contributed by atoms with Crippen molar-refractivity contribution in [3.8, 4) is 5.75 Å². The van der Waals surface area contributed by atoms with E-state index in [9.17, 15) is 9.59 Å². The first-order chi connectivity index (χ1) is 9.85. The summed E-state index contributed by atoms with van der Waals surface area (Å²) in [5.41, 5.74) is 5.61. The highest BCUT2D eigenvalue weighted by Crippen LogP contribution is 2.33. The Kier molecular flexibility index (Phi) is 6.74. The molecule has 116 valence electrons. The summed E-state index contributed by atoms with van der Waals surface area (Å²) in [5, 5.41) is 5.82. The number of amides is 3. The number of hydrogen-bond donors (Lipinski definition) is 3. The van der Waals surface area contributed by atoms with Crippen LogP contribution in [0.15, 0.2) is 12.1 Å². The number of carbonyl (C=O) groups excluding carboxylic acids is 2. The van der Waals surface area contributed by atoms with Gasteiger partial charge in [-0.05, 0) is 25.6 Å². The summed E-state index contributed by atoms with van der Waals surface area (Å²) in [4.78, 5) is 22.3. The van der Waals surface area contributed by atoms with Crippen LogP contribution in [-0.4, -0.2) is 24.6 Å². The molecule has 1 unspecified atom stereocenters. The molecule has 3 amide bonds. The number of imide groups is 1. The van der Waals surface area contributed by atoms with Crippen LogP contribution in [-0.2, 0) is 11.3 Å². The van der Waals surface area contributed by atoms with Crippen LogP contribution < -0.4 is 21.1 Å². The number of rotatable bonds is 6. The van der Waals surface area contributed by atoms with E-state index in [1.807, 2.05) is 12.2 Å². The third-order valence-electron chi connectivity index (χ3n) is 2.56. The third-order valence-corrected chi connectivity index (χ3v) is 3.06. The second-order valence-electron chi connectivity index (χ2n) is 4.27. The molecule has 1 rings (SSSR count). The molecule has 0 spiro atoms. The average molecular weight is 334 g/mol. The molecular weight excluding hydrogens is 317 g/mol. The second kappa shape index (κ2) is 8.07. The molecule has 0 aliphatic rings. The monoisotopic (exact) mass is 333 g/mol. The quantitative estimate of drug-likeness (QED) is 0.742. The van der Waals surface area contributed by atoms with E-state index in [-0.39, 0.29) is 5.02 Å². The van der Waals surface area contributed by atoms with Gasteiger partial charge in [-0.15, -0.1) is 0 Å². The van der Waals surface area contributed by atoms with Gasteiger partial charge < -0.3 is 15.8 Å². The minimum Gasteiger partial charge on any atom is -0.479 e. The Morgan fingerprint density at radius 1 is 1.38 bits per heavy atom. The normalized spacial score (nSPS) is 11.8. The van der Waals surface area contributed by atoms with Gasteiger partial charge in [0.15, 0.2) is 6.10 Å². The zero-order chi connectivity index (χ0) is 16.0. The Bertz CT molecular complexity index is 538. The van der Waals surface area contributed by atoms with Gasteiger partial charge in [-0.2, -0.15) is 0 Å². The fraction of sp³-hybridized carbons (Fsp3) is 0.385. The number of carbonyl (C=O) groups is 2. The minimum atomic E-state index is -0.939. The van der Waals surface area contributed by atoms with Crippen LogP contribution in [0, 0.1) is 0 Å². The molecule has 1 aromatic carbocycles. The molecule has 8 heteroatoms. The van der Waals surface area contributed by atoms with Crippen LogP contribution >= 0.6 is 23.2 Å². The van der Waals surface area contributed by atoms with Gasteiger partial charge in [0.1, 0.15) is 5.75 Å². The van der Waals surface area contributed by atoms with Gasteiger partial charge in [-0.3, -0.25) is 10.1 Å². The molecule has 0 saturated carbocycles. The summed E-state index contributed by atoms with van der Waals surface area (Å²) >= 11 is 12.1. The number of urea groups is 1. The van der Waals surface area contributed by atoms with E-state index in [4.69, 9.17) is 33.7 Å². The van der Waals surface area contributed by atoms with Gasteiger partial charge in [0, 0.05) is 17.1 Å². The van der Waals surface area contributed by atoms with E-state index in [2.05, 4.69) is 5.32 Å².